The number of para-hydroxylation sites is 2. The largest absolute Gasteiger partial charge is 0.508 e. The second kappa shape index (κ2) is 31.7. The first-order valence-electron chi connectivity index (χ1n) is 28.7. The van der Waals surface area contributed by atoms with E-state index >= 15 is 0 Å². The molecule has 0 aliphatic rings. The van der Waals surface area contributed by atoms with Crippen molar-refractivity contribution in [1.29, 1.82) is 0 Å². The van der Waals surface area contributed by atoms with Crippen molar-refractivity contribution in [1.82, 2.24) is 29.7 Å². The number of aryl methyl sites for hydroxylation is 3. The summed E-state index contributed by atoms with van der Waals surface area (Å²) in [5, 5.41) is 30.1. The molecule has 0 unspecified atom stereocenters. The molecule has 0 spiro atoms. The second-order valence-electron chi connectivity index (χ2n) is 21.2. The molecule has 6 N–H and O–H groups in total. The van der Waals surface area contributed by atoms with E-state index in [0.717, 1.165) is 109 Å². The minimum Gasteiger partial charge on any atom is -0.508 e. The van der Waals surface area contributed by atoms with Crippen molar-refractivity contribution < 1.29 is 29.1 Å². The van der Waals surface area contributed by atoms with Crippen LogP contribution in [0, 0.1) is 30.9 Å². The number of likely N-dealkylation sites (N-methyl/N-ethyl adjacent to an activating group) is 2. The number of phenols is 1. The maximum atomic E-state index is 13.0. The zero-order chi connectivity index (χ0) is 64.1. The van der Waals surface area contributed by atoms with Gasteiger partial charge >= 0.3 is 0 Å². The molecule has 0 saturated carbocycles. The number of nitrogens with zero attached hydrogens (tertiary/aromatic N) is 7. The molecular formula is C71H70ClN11O7. The van der Waals surface area contributed by atoms with Gasteiger partial charge in [-0.2, -0.15) is 0 Å². The number of aromatic nitrogens is 4. The minimum atomic E-state index is -0.519. The van der Waals surface area contributed by atoms with Gasteiger partial charge in [0.15, 0.2) is 0 Å². The molecule has 0 fully saturated rings. The molecule has 458 valence electrons. The number of phenolic OH excluding ortho intramolecular Hbond substituents is 1. The third kappa shape index (κ3) is 18.9. The summed E-state index contributed by atoms with van der Waals surface area (Å²) in [6.45, 7) is 8.55. The van der Waals surface area contributed by atoms with E-state index in [9.17, 15) is 19.7 Å². The molecule has 19 heteroatoms. The quantitative estimate of drug-likeness (QED) is 0.0232. The number of hydrogen-bond donors (Lipinski definition) is 5. The fourth-order valence-electron chi connectivity index (χ4n) is 8.76. The molecule has 9 aromatic carbocycles. The Morgan fingerprint density at radius 1 is 0.544 bits per heavy atom. The SMILES string of the molecule is Cc1ccc(O)cc1[N+](=O)[O-].Cc1ccc(OCCN(C)C)cc1N.Cc1ccc(OCCN(C)C)cc1NC(=O)c1ccc(Nc2nc(-c3ccccc3)c3ccccc3n2)cc1.O=C(Cl)c1ccc(Nc2nc(-c3ccccc3)c3ccccc3n2)cc1. The van der Waals surface area contributed by atoms with E-state index in [2.05, 4.69) is 30.7 Å². The van der Waals surface area contributed by atoms with Crippen molar-refractivity contribution in [2.24, 2.45) is 0 Å². The van der Waals surface area contributed by atoms with Crippen molar-refractivity contribution in [3.05, 3.63) is 250 Å². The summed E-state index contributed by atoms with van der Waals surface area (Å²) in [6, 6.07) is 65.7. The molecule has 1 amide bonds. The lowest BCUT2D eigenvalue weighted by Gasteiger charge is -2.14. The molecule has 90 heavy (non-hydrogen) atoms. The third-order valence-corrected chi connectivity index (χ3v) is 14.0. The van der Waals surface area contributed by atoms with Crippen LogP contribution in [0.4, 0.5) is 40.3 Å². The number of nitro benzene ring substituents is 1. The van der Waals surface area contributed by atoms with Crippen molar-refractivity contribution in [3.8, 4) is 39.8 Å². The lowest BCUT2D eigenvalue weighted by molar-refractivity contribution is -0.385. The standard InChI is InChI=1S/C32H31N5O2.C21H14ClN3O.C11H18N2O.C7H7NO3/c1-22-13-18-26(39-20-19-37(2)3)21-29(22)34-31(38)24-14-16-25(17-15-24)33-32-35-28-12-8-7-11-27(28)30(36-32)23-9-5-4-6-10-23;22-20(26)15-10-12-16(13-11-15)23-21-24-18-9-5-4-8-17(18)19(25-21)14-6-2-1-3-7-14;1-9-4-5-10(8-11(9)12)14-7-6-13(2)3;1-5-2-3-6(9)4-7(5)8(10)11/h4-18,21H,19-20H2,1-3H3,(H,34,38)(H,33,35,36);1-13H,(H,23,24,25);4-5,8H,6-7,12H2,1-3H3;2-4,9H,1H3. The lowest BCUT2D eigenvalue weighted by Crippen LogP contribution is -2.19. The van der Waals surface area contributed by atoms with Gasteiger partial charge < -0.3 is 46.1 Å². The Morgan fingerprint density at radius 3 is 1.44 bits per heavy atom. The van der Waals surface area contributed by atoms with E-state index in [-0.39, 0.29) is 17.3 Å². The molecule has 0 radical (unpaired) electrons. The minimum absolute atomic E-state index is 0.0509. The van der Waals surface area contributed by atoms with Crippen LogP contribution in [0.1, 0.15) is 37.4 Å². The summed E-state index contributed by atoms with van der Waals surface area (Å²) in [5.74, 6) is 2.28. The van der Waals surface area contributed by atoms with Crippen LogP contribution in [-0.2, 0) is 0 Å². The number of nitro groups is 1. The molecule has 18 nitrogen and oxygen atoms in total. The number of fused-ring (bicyclic) bond motifs is 2. The normalized spacial score (nSPS) is 10.6. The average molecular weight is 1220 g/mol. The molecule has 0 atom stereocenters. The number of anilines is 6. The Bertz CT molecular complexity index is 4220. The van der Waals surface area contributed by atoms with Crippen molar-refractivity contribution in [3.63, 3.8) is 0 Å². The molecule has 11 aromatic rings. The van der Waals surface area contributed by atoms with Crippen LogP contribution in [-0.4, -0.2) is 105 Å². The number of carbonyl (C=O) groups excluding carboxylic acids is 2. The molecule has 0 bridgehead atoms. The van der Waals surface area contributed by atoms with Gasteiger partial charge in [0, 0.05) is 86.6 Å². The van der Waals surface area contributed by atoms with Gasteiger partial charge in [0.05, 0.1) is 33.4 Å². The van der Waals surface area contributed by atoms with Gasteiger partial charge in [-0.15, -0.1) is 0 Å². The molecular weight excluding hydrogens is 1150 g/mol. The van der Waals surface area contributed by atoms with Crippen LogP contribution in [0.15, 0.2) is 212 Å². The Labute approximate surface area is 528 Å². The van der Waals surface area contributed by atoms with E-state index in [1.807, 2.05) is 200 Å². The highest BCUT2D eigenvalue weighted by atomic mass is 35.5. The van der Waals surface area contributed by atoms with E-state index in [0.29, 0.717) is 41.8 Å². The zero-order valence-electron chi connectivity index (χ0n) is 51.0. The van der Waals surface area contributed by atoms with Crippen molar-refractivity contribution >= 4 is 84.9 Å². The van der Waals surface area contributed by atoms with E-state index < -0.39 is 10.2 Å². The molecule has 0 saturated heterocycles. The van der Waals surface area contributed by atoms with Gasteiger partial charge in [0.2, 0.25) is 11.9 Å². The summed E-state index contributed by atoms with van der Waals surface area (Å²) in [6.07, 6.45) is 0. The van der Waals surface area contributed by atoms with Crippen LogP contribution < -0.4 is 31.2 Å². The molecule has 2 aromatic heterocycles. The van der Waals surface area contributed by atoms with Gasteiger partial charge in [-0.1, -0.05) is 109 Å². The zero-order valence-corrected chi connectivity index (χ0v) is 51.8. The number of nitrogens with one attached hydrogen (secondary N) is 3. The van der Waals surface area contributed by atoms with Crippen LogP contribution in [0.3, 0.4) is 0 Å². The third-order valence-electron chi connectivity index (χ3n) is 13.8. The van der Waals surface area contributed by atoms with E-state index in [1.54, 1.807) is 43.3 Å². The highest BCUT2D eigenvalue weighted by molar-refractivity contribution is 6.67. The highest BCUT2D eigenvalue weighted by Gasteiger charge is 2.15. The van der Waals surface area contributed by atoms with Gasteiger partial charge in [0.25, 0.3) is 16.8 Å². The van der Waals surface area contributed by atoms with Gasteiger partial charge in [-0.05, 0) is 157 Å². The van der Waals surface area contributed by atoms with Crippen molar-refractivity contribution in [2.75, 3.05) is 76.2 Å². The number of ether oxygens (including phenoxy) is 2. The lowest BCUT2D eigenvalue weighted by atomic mass is 10.1. The average Bonchev–Trinajstić information content (AvgIpc) is 0.971. The number of aromatic hydroxyl groups is 1. The van der Waals surface area contributed by atoms with E-state index in [1.165, 1.54) is 12.1 Å². The number of nitrogens with two attached hydrogens (primary N) is 1. The van der Waals surface area contributed by atoms with E-state index in [4.69, 9.17) is 46.9 Å². The summed E-state index contributed by atoms with van der Waals surface area (Å²) in [4.78, 5) is 56.9. The first-order chi connectivity index (χ1) is 43.4. The van der Waals surface area contributed by atoms with Crippen LogP contribution in [0.25, 0.3) is 44.3 Å². The second-order valence-corrected chi connectivity index (χ2v) is 21.6. The summed E-state index contributed by atoms with van der Waals surface area (Å²) >= 11 is 5.49. The Kier molecular flexibility index (Phi) is 23.0. The Balaban J connectivity index is 0.000000175. The van der Waals surface area contributed by atoms with Crippen LogP contribution in [0.5, 0.6) is 17.2 Å². The molecule has 11 rings (SSSR count). The van der Waals surface area contributed by atoms with Gasteiger partial charge in [0.1, 0.15) is 30.5 Å². The van der Waals surface area contributed by atoms with Gasteiger partial charge in [-0.3, -0.25) is 19.7 Å². The number of hydrogen-bond acceptors (Lipinski definition) is 16. The summed E-state index contributed by atoms with van der Waals surface area (Å²) in [5.41, 5.74) is 17.9. The predicted molar refractivity (Wildman–Crippen MR) is 362 cm³/mol. The fraction of sp³-hybridized carbons (Fsp3) is 0.155. The number of rotatable bonds is 18. The van der Waals surface area contributed by atoms with Crippen LogP contribution in [0.2, 0.25) is 0 Å². The number of nitrogen functional groups attached to an aromatic ring is 1. The number of amides is 1. The topological polar surface area (TPSA) is 236 Å². The molecule has 0 aliphatic carbocycles. The number of carbonyl (C=O) groups is 2. The number of benzene rings is 9. The monoisotopic (exact) mass is 1220 g/mol. The Morgan fingerprint density at radius 2 is 0.989 bits per heavy atom. The first kappa shape index (κ1) is 65.2. The summed E-state index contributed by atoms with van der Waals surface area (Å²) in [7, 11) is 8.04. The maximum Gasteiger partial charge on any atom is 0.275 e. The Hall–Kier alpha value is -10.8. The molecule has 0 aliphatic heterocycles. The first-order valence-corrected chi connectivity index (χ1v) is 29.1. The highest BCUT2D eigenvalue weighted by Crippen LogP contribution is 2.31. The van der Waals surface area contributed by atoms with Crippen LogP contribution >= 0.6 is 11.6 Å². The predicted octanol–water partition coefficient (Wildman–Crippen LogP) is 15.1. The number of halogens is 1. The molecule has 2 heterocycles. The summed E-state index contributed by atoms with van der Waals surface area (Å²) < 4.78 is 11.4. The van der Waals surface area contributed by atoms with Gasteiger partial charge in [-0.25, -0.2) is 19.9 Å². The smallest absolute Gasteiger partial charge is 0.275 e. The maximum absolute atomic E-state index is 13.0. The van der Waals surface area contributed by atoms with Crippen molar-refractivity contribution in [2.45, 2.75) is 20.8 Å². The fourth-order valence-corrected chi connectivity index (χ4v) is 8.89.